The summed E-state index contributed by atoms with van der Waals surface area (Å²) in [6, 6.07) is 15.8. The first-order valence-electron chi connectivity index (χ1n) is 11.8. The molecular formula is C29H29FN2O4. The van der Waals surface area contributed by atoms with Crippen molar-refractivity contribution in [1.29, 1.82) is 0 Å². The molecule has 4 aromatic rings. The van der Waals surface area contributed by atoms with Crippen LogP contribution >= 0.6 is 0 Å². The van der Waals surface area contributed by atoms with Crippen LogP contribution in [0.1, 0.15) is 41.0 Å². The van der Waals surface area contributed by atoms with Gasteiger partial charge >= 0.3 is 0 Å². The molecule has 2 aromatic carbocycles. The van der Waals surface area contributed by atoms with Gasteiger partial charge in [0.25, 0.3) is 5.56 Å². The molecule has 0 spiro atoms. The molecule has 4 rings (SSSR count). The highest BCUT2D eigenvalue weighted by molar-refractivity contribution is 5.86. The number of aryl methyl sites for hydroxylation is 1. The molecule has 6 nitrogen and oxygen atoms in total. The maximum atomic E-state index is 13.7. The zero-order valence-electron chi connectivity index (χ0n) is 20.4. The number of allylic oxidation sites excluding steroid dienone is 1. The van der Waals surface area contributed by atoms with Crippen molar-refractivity contribution >= 4 is 11.0 Å². The van der Waals surface area contributed by atoms with Crippen LogP contribution in [0.3, 0.4) is 0 Å². The first kappa shape index (κ1) is 25.3. The van der Waals surface area contributed by atoms with E-state index in [0.717, 1.165) is 22.3 Å². The second-order valence-electron chi connectivity index (χ2n) is 8.44. The quantitative estimate of drug-likeness (QED) is 0.245. The van der Waals surface area contributed by atoms with Gasteiger partial charge in [0.2, 0.25) is 0 Å². The molecule has 0 aliphatic rings. The Morgan fingerprint density at radius 2 is 1.86 bits per heavy atom. The fourth-order valence-electron chi connectivity index (χ4n) is 4.24. The Morgan fingerprint density at radius 3 is 2.53 bits per heavy atom. The Labute approximate surface area is 209 Å². The zero-order valence-corrected chi connectivity index (χ0v) is 20.4. The SMILES string of the molecule is C=CCn1c(=O)c(C(O)OCC)c(OCc2ccccc2)c2ncc(Cc3ccc(F)cc3)c(C)c21. The van der Waals surface area contributed by atoms with Crippen molar-refractivity contribution in [2.45, 2.75) is 39.7 Å². The summed E-state index contributed by atoms with van der Waals surface area (Å²) in [4.78, 5) is 18.4. The van der Waals surface area contributed by atoms with E-state index in [1.165, 1.54) is 16.7 Å². The average molecular weight is 489 g/mol. The molecule has 0 saturated carbocycles. The molecule has 1 atom stereocenters. The zero-order chi connectivity index (χ0) is 25.7. The fourth-order valence-corrected chi connectivity index (χ4v) is 4.24. The maximum absolute atomic E-state index is 13.7. The van der Waals surface area contributed by atoms with Gasteiger partial charge in [0.15, 0.2) is 12.0 Å². The molecule has 2 aromatic heterocycles. The lowest BCUT2D eigenvalue weighted by Gasteiger charge is -2.22. The van der Waals surface area contributed by atoms with Gasteiger partial charge in [-0.3, -0.25) is 9.78 Å². The van der Waals surface area contributed by atoms with Gasteiger partial charge in [-0.25, -0.2) is 4.39 Å². The van der Waals surface area contributed by atoms with Crippen molar-refractivity contribution in [3.8, 4) is 5.75 Å². The minimum absolute atomic E-state index is 0.000292. The molecule has 0 saturated heterocycles. The van der Waals surface area contributed by atoms with E-state index in [0.29, 0.717) is 17.5 Å². The number of rotatable bonds is 10. The van der Waals surface area contributed by atoms with Crippen molar-refractivity contribution in [2.24, 2.45) is 0 Å². The highest BCUT2D eigenvalue weighted by Crippen LogP contribution is 2.34. The van der Waals surface area contributed by atoms with Crippen molar-refractivity contribution in [3.05, 3.63) is 117 Å². The lowest BCUT2D eigenvalue weighted by molar-refractivity contribution is -0.100. The Hall–Kier alpha value is -3.81. The molecular weight excluding hydrogens is 459 g/mol. The van der Waals surface area contributed by atoms with E-state index in [1.807, 2.05) is 37.3 Å². The summed E-state index contributed by atoms with van der Waals surface area (Å²) in [5.74, 6) is -0.107. The van der Waals surface area contributed by atoms with Gasteiger partial charge in [-0.2, -0.15) is 0 Å². The molecule has 2 heterocycles. The summed E-state index contributed by atoms with van der Waals surface area (Å²) in [5, 5.41) is 10.8. The number of benzene rings is 2. The van der Waals surface area contributed by atoms with Gasteiger partial charge in [-0.1, -0.05) is 48.5 Å². The molecule has 0 aliphatic carbocycles. The van der Waals surface area contributed by atoms with E-state index in [-0.39, 0.29) is 36.9 Å². The van der Waals surface area contributed by atoms with E-state index < -0.39 is 11.8 Å². The lowest BCUT2D eigenvalue weighted by atomic mass is 10.00. The molecule has 1 unspecified atom stereocenters. The Kier molecular flexibility index (Phi) is 7.93. The van der Waals surface area contributed by atoms with Crippen LogP contribution in [0.2, 0.25) is 0 Å². The number of pyridine rings is 2. The number of hydrogen-bond donors (Lipinski definition) is 1. The largest absolute Gasteiger partial charge is 0.486 e. The topological polar surface area (TPSA) is 73.6 Å². The summed E-state index contributed by atoms with van der Waals surface area (Å²) >= 11 is 0. The molecule has 7 heteroatoms. The summed E-state index contributed by atoms with van der Waals surface area (Å²) < 4.78 is 26.5. The molecule has 0 fully saturated rings. The normalized spacial score (nSPS) is 12.0. The summed E-state index contributed by atoms with van der Waals surface area (Å²) in [6.07, 6.45) is 2.39. The van der Waals surface area contributed by atoms with E-state index in [1.54, 1.807) is 31.3 Å². The smallest absolute Gasteiger partial charge is 0.263 e. The molecule has 0 aliphatic heterocycles. The van der Waals surface area contributed by atoms with Crippen LogP contribution < -0.4 is 10.3 Å². The summed E-state index contributed by atoms with van der Waals surface area (Å²) in [7, 11) is 0. The maximum Gasteiger partial charge on any atom is 0.263 e. The number of nitrogens with zero attached hydrogens (tertiary/aromatic N) is 2. The number of aliphatic hydroxyl groups excluding tert-OH is 1. The minimum atomic E-state index is -1.48. The highest BCUT2D eigenvalue weighted by atomic mass is 19.1. The first-order valence-corrected chi connectivity index (χ1v) is 11.8. The first-order chi connectivity index (χ1) is 17.4. The van der Waals surface area contributed by atoms with Crippen molar-refractivity contribution in [1.82, 2.24) is 9.55 Å². The van der Waals surface area contributed by atoms with Crippen LogP contribution in [-0.4, -0.2) is 21.3 Å². The standard InChI is InChI=1S/C29H29FN2O4/c1-4-15-32-26-19(3)22(16-20-11-13-23(30)14-12-20)17-31-25(26)27(24(28(32)33)29(34)35-5-2)36-18-21-9-7-6-8-10-21/h4,6-14,17,29,34H,1,5,15-16,18H2,2-3H3. The molecule has 1 N–H and O–H groups in total. The molecule has 0 amide bonds. The van der Waals surface area contributed by atoms with E-state index >= 15 is 0 Å². The predicted molar refractivity (Wildman–Crippen MR) is 138 cm³/mol. The van der Waals surface area contributed by atoms with Crippen molar-refractivity contribution in [2.75, 3.05) is 6.61 Å². The Bertz CT molecular complexity index is 1420. The van der Waals surface area contributed by atoms with Gasteiger partial charge in [-0.05, 0) is 54.7 Å². The van der Waals surface area contributed by atoms with Crippen LogP contribution in [0.4, 0.5) is 4.39 Å². The van der Waals surface area contributed by atoms with Crippen LogP contribution in [-0.2, 0) is 24.3 Å². The highest BCUT2D eigenvalue weighted by Gasteiger charge is 2.26. The van der Waals surface area contributed by atoms with Gasteiger partial charge in [0.05, 0.1) is 5.52 Å². The second-order valence-corrected chi connectivity index (χ2v) is 8.44. The fraction of sp³-hybridized carbons (Fsp3) is 0.241. The third-order valence-corrected chi connectivity index (χ3v) is 6.03. The Balaban J connectivity index is 1.92. The molecule has 0 radical (unpaired) electrons. The van der Waals surface area contributed by atoms with E-state index in [9.17, 15) is 14.3 Å². The second kappa shape index (κ2) is 11.3. The number of aromatic nitrogens is 2. The van der Waals surface area contributed by atoms with Crippen LogP contribution in [0.15, 0.2) is 78.2 Å². The monoisotopic (exact) mass is 488 g/mol. The van der Waals surface area contributed by atoms with Crippen molar-refractivity contribution < 1.29 is 19.0 Å². The number of halogens is 1. The minimum Gasteiger partial charge on any atom is -0.486 e. The van der Waals surface area contributed by atoms with E-state index in [4.69, 9.17) is 14.5 Å². The third-order valence-electron chi connectivity index (χ3n) is 6.03. The van der Waals surface area contributed by atoms with Crippen molar-refractivity contribution in [3.63, 3.8) is 0 Å². The lowest BCUT2D eigenvalue weighted by Crippen LogP contribution is -2.28. The predicted octanol–water partition coefficient (Wildman–Crippen LogP) is 5.23. The van der Waals surface area contributed by atoms with Gasteiger partial charge in [0, 0.05) is 19.3 Å². The molecule has 186 valence electrons. The summed E-state index contributed by atoms with van der Waals surface area (Å²) in [5.41, 5.74) is 4.15. The number of ether oxygens (including phenoxy) is 2. The number of aliphatic hydroxyl groups is 1. The average Bonchev–Trinajstić information content (AvgIpc) is 2.88. The van der Waals surface area contributed by atoms with Gasteiger partial charge < -0.3 is 19.1 Å². The molecule has 0 bridgehead atoms. The van der Waals surface area contributed by atoms with E-state index in [2.05, 4.69) is 6.58 Å². The molecule has 36 heavy (non-hydrogen) atoms. The number of fused-ring (bicyclic) bond motifs is 1. The van der Waals surface area contributed by atoms with Crippen LogP contribution in [0, 0.1) is 12.7 Å². The van der Waals surface area contributed by atoms with Gasteiger partial charge in [-0.15, -0.1) is 6.58 Å². The Morgan fingerprint density at radius 1 is 1.14 bits per heavy atom. The number of hydrogen-bond acceptors (Lipinski definition) is 5. The van der Waals surface area contributed by atoms with Crippen LogP contribution in [0.25, 0.3) is 11.0 Å². The van der Waals surface area contributed by atoms with Gasteiger partial charge in [0.1, 0.15) is 23.5 Å². The summed E-state index contributed by atoms with van der Waals surface area (Å²) in [6.45, 7) is 8.06. The third kappa shape index (κ3) is 5.22. The van der Waals surface area contributed by atoms with Crippen LogP contribution in [0.5, 0.6) is 5.75 Å².